The zero-order valence-corrected chi connectivity index (χ0v) is 15.7. The van der Waals surface area contributed by atoms with Crippen molar-refractivity contribution in [3.63, 3.8) is 0 Å². The molecule has 0 unspecified atom stereocenters. The van der Waals surface area contributed by atoms with Crippen molar-refractivity contribution in [2.24, 2.45) is 5.41 Å². The number of halogens is 2. The van der Waals surface area contributed by atoms with Crippen molar-refractivity contribution in [1.82, 2.24) is 0 Å². The average molecular weight is 348 g/mol. The fraction of sp³-hybridized carbons (Fsp3) is 0.375. The number of phenolic OH excluding ortho intramolecular Hbond substituents is 1. The van der Waals surface area contributed by atoms with Crippen molar-refractivity contribution >= 4 is 0 Å². The largest absolute Gasteiger partial charge is 3.00 e. The van der Waals surface area contributed by atoms with Gasteiger partial charge in [0.25, 0.3) is 0 Å². The normalized spacial score (nSPS) is 14.8. The van der Waals surface area contributed by atoms with E-state index in [0.29, 0.717) is 5.75 Å². The smallest absolute Gasteiger partial charge is 1.00 e. The molecule has 0 atom stereocenters. The molecule has 0 bridgehead atoms. The molecule has 1 aliphatic rings. The molecule has 2 rings (SSSR count). The number of aromatic hydroxyl groups is 1. The fourth-order valence-corrected chi connectivity index (χ4v) is 1.83. The van der Waals surface area contributed by atoms with E-state index in [1.54, 1.807) is 24.3 Å². The van der Waals surface area contributed by atoms with Crippen molar-refractivity contribution in [3.8, 4) is 5.75 Å². The number of rotatable bonds is 0. The summed E-state index contributed by atoms with van der Waals surface area (Å²) in [6.07, 6.45) is 3.44. The van der Waals surface area contributed by atoms with Gasteiger partial charge in [-0.2, -0.15) is 11.1 Å². The second-order valence-corrected chi connectivity index (χ2v) is 4.96. The molecule has 0 saturated carbocycles. The zero-order valence-electron chi connectivity index (χ0n) is 12.6. The van der Waals surface area contributed by atoms with Crippen molar-refractivity contribution < 1.29 is 51.6 Å². The van der Waals surface area contributed by atoms with Gasteiger partial charge in [-0.25, -0.2) is 5.57 Å². The van der Waals surface area contributed by atoms with E-state index in [0.717, 1.165) is 0 Å². The predicted octanol–water partition coefficient (Wildman–Crippen LogP) is -1.49. The Labute approximate surface area is 150 Å². The monoisotopic (exact) mass is 347 g/mol. The van der Waals surface area contributed by atoms with E-state index in [1.165, 1.54) is 16.7 Å². The first-order valence-electron chi connectivity index (χ1n) is 5.88. The summed E-state index contributed by atoms with van der Waals surface area (Å²) in [7, 11) is 0. The summed E-state index contributed by atoms with van der Waals surface area (Å²) in [4.78, 5) is 0. The third-order valence-corrected chi connectivity index (χ3v) is 3.32. The summed E-state index contributed by atoms with van der Waals surface area (Å²) in [5.41, 5.74) is 4.39. The molecule has 0 saturated heterocycles. The van der Waals surface area contributed by atoms with Gasteiger partial charge in [-0.05, 0) is 12.1 Å². The van der Waals surface area contributed by atoms with Crippen LogP contribution in [0.3, 0.4) is 0 Å². The Bertz CT molecular complexity index is 451. The second-order valence-electron chi connectivity index (χ2n) is 4.96. The van der Waals surface area contributed by atoms with Crippen LogP contribution in [0, 0.1) is 11.5 Å². The van der Waals surface area contributed by atoms with Gasteiger partial charge >= 0.3 is 21.7 Å². The maximum absolute atomic E-state index is 8.63. The molecule has 1 N–H and O–H groups in total. The van der Waals surface area contributed by atoms with Gasteiger partial charge in [0.1, 0.15) is 5.75 Å². The van der Waals surface area contributed by atoms with Gasteiger partial charge in [0.05, 0.1) is 0 Å². The van der Waals surface area contributed by atoms with Crippen LogP contribution in [0.2, 0.25) is 0 Å². The quantitative estimate of drug-likeness (QED) is 0.448. The fourth-order valence-electron chi connectivity index (χ4n) is 1.83. The molecular weight excluding hydrogens is 327 g/mol. The van der Waals surface area contributed by atoms with Gasteiger partial charge in [0, 0.05) is 0 Å². The maximum Gasteiger partial charge on any atom is 3.00 e. The molecule has 1 aromatic rings. The molecule has 0 spiro atoms. The van der Waals surface area contributed by atoms with Gasteiger partial charge in [0.15, 0.2) is 0 Å². The molecular formula is C16H21Cl2OTi. The summed E-state index contributed by atoms with van der Waals surface area (Å²) < 4.78 is 0. The van der Waals surface area contributed by atoms with Crippen LogP contribution >= 0.6 is 0 Å². The van der Waals surface area contributed by atoms with Crippen molar-refractivity contribution in [2.75, 3.05) is 0 Å². The summed E-state index contributed by atoms with van der Waals surface area (Å²) in [5, 5.41) is 8.63. The van der Waals surface area contributed by atoms with E-state index in [1.807, 2.05) is 6.07 Å². The summed E-state index contributed by atoms with van der Waals surface area (Å²) >= 11 is 0. The van der Waals surface area contributed by atoms with Crippen molar-refractivity contribution in [3.05, 3.63) is 53.1 Å². The molecule has 1 nitrogen and oxygen atoms in total. The van der Waals surface area contributed by atoms with Crippen LogP contribution in [-0.4, -0.2) is 5.11 Å². The van der Waals surface area contributed by atoms with Crippen LogP contribution in [-0.2, 0) is 21.7 Å². The molecule has 0 aromatic heterocycles. The molecule has 20 heavy (non-hydrogen) atoms. The van der Waals surface area contributed by atoms with E-state index < -0.39 is 0 Å². The van der Waals surface area contributed by atoms with Crippen LogP contribution in [0.15, 0.2) is 47.1 Å². The minimum atomic E-state index is 0. The average Bonchev–Trinajstić information content (AvgIpc) is 2.44. The summed E-state index contributed by atoms with van der Waals surface area (Å²) in [5.74, 6) is 0.322. The van der Waals surface area contributed by atoms with Crippen LogP contribution in [0.1, 0.15) is 34.6 Å². The first-order valence-corrected chi connectivity index (χ1v) is 5.88. The van der Waals surface area contributed by atoms with E-state index in [4.69, 9.17) is 5.11 Å². The van der Waals surface area contributed by atoms with Gasteiger partial charge < -0.3 is 29.9 Å². The number of hydrogen-bond donors (Lipinski definition) is 1. The molecule has 109 valence electrons. The van der Waals surface area contributed by atoms with Crippen molar-refractivity contribution in [1.29, 1.82) is 0 Å². The number of para-hydroxylation sites is 1. The van der Waals surface area contributed by atoms with Gasteiger partial charge in [-0.15, -0.1) is 6.92 Å². The van der Waals surface area contributed by atoms with Crippen LogP contribution in [0.5, 0.6) is 5.75 Å². The predicted molar refractivity (Wildman–Crippen MR) is 72.7 cm³/mol. The Morgan fingerprint density at radius 1 is 0.950 bits per heavy atom. The molecule has 1 aliphatic carbocycles. The number of hydrogen-bond acceptors (Lipinski definition) is 1. The Morgan fingerprint density at radius 2 is 1.40 bits per heavy atom. The number of benzene rings is 1. The Kier molecular flexibility index (Phi) is 13.0. The SMILES string of the molecule is CC1=[C-]C(C)(C)C(C)=C1C.Oc1ccccc1.[Cl-].[Cl-].[Ti+3]. The minimum Gasteiger partial charge on any atom is -1.00 e. The van der Waals surface area contributed by atoms with Gasteiger partial charge in [0.2, 0.25) is 0 Å². The third-order valence-electron chi connectivity index (χ3n) is 3.32. The third kappa shape index (κ3) is 6.99. The van der Waals surface area contributed by atoms with Gasteiger partial charge in [-0.1, -0.05) is 51.3 Å². The summed E-state index contributed by atoms with van der Waals surface area (Å²) in [6.45, 7) is 10.9. The second kappa shape index (κ2) is 10.5. The molecule has 0 fully saturated rings. The first-order chi connectivity index (χ1) is 7.84. The molecule has 0 amide bonds. The Morgan fingerprint density at radius 3 is 1.55 bits per heavy atom. The zero-order chi connectivity index (χ0) is 13.1. The molecule has 0 aliphatic heterocycles. The Hall–Kier alpha value is -0.206. The van der Waals surface area contributed by atoms with E-state index in [2.05, 4.69) is 40.7 Å². The maximum atomic E-state index is 8.63. The molecule has 1 aromatic carbocycles. The minimum absolute atomic E-state index is 0. The first kappa shape index (κ1) is 24.8. The van der Waals surface area contributed by atoms with E-state index in [9.17, 15) is 0 Å². The summed E-state index contributed by atoms with van der Waals surface area (Å²) in [6, 6.07) is 8.71. The molecule has 1 radical (unpaired) electrons. The van der Waals surface area contributed by atoms with E-state index in [-0.39, 0.29) is 51.9 Å². The topological polar surface area (TPSA) is 20.2 Å². The number of phenols is 1. The van der Waals surface area contributed by atoms with Crippen LogP contribution in [0.25, 0.3) is 0 Å². The van der Waals surface area contributed by atoms with Crippen LogP contribution in [0.4, 0.5) is 0 Å². The number of allylic oxidation sites excluding steroid dienone is 4. The van der Waals surface area contributed by atoms with E-state index >= 15 is 0 Å². The Balaban J connectivity index is -0.000000262. The molecule has 0 heterocycles. The molecule has 4 heteroatoms. The standard InChI is InChI=1S/C10H15.C6H6O.2ClH.Ti/c1-7-6-10(4,5)9(3)8(7)2;7-6-4-2-1-3-5-6;;;/h1-5H3;1-5,7H;2*1H;/q-1;;;;+3/p-2. The van der Waals surface area contributed by atoms with Gasteiger partial charge in [-0.3, -0.25) is 6.08 Å². The van der Waals surface area contributed by atoms with Crippen molar-refractivity contribution in [2.45, 2.75) is 34.6 Å². The van der Waals surface area contributed by atoms with Crippen LogP contribution < -0.4 is 24.8 Å².